The van der Waals surface area contributed by atoms with E-state index in [0.29, 0.717) is 39.7 Å². The fraction of sp³-hybridized carbons (Fsp3) is 0.179. The standard InChI is InChI=1S/C28H25BrCl2N4O4/c1-2-3-4-13-39-21-9-7-20(8-10-21)32-27(37)28(38)34-35-24-12-5-18(29)14-17(24)15-25(35)26(36)33-23-11-6-19(30)16-22(23)31/h5-12,14-16H,2-4,13H2,1H3,(H,32,37)(H,33,36)(H,34,38). The Morgan fingerprint density at radius 3 is 2.38 bits per heavy atom. The number of amides is 3. The van der Waals surface area contributed by atoms with E-state index in [1.165, 1.54) is 10.7 Å². The molecule has 3 amide bonds. The van der Waals surface area contributed by atoms with E-state index < -0.39 is 17.7 Å². The Morgan fingerprint density at radius 2 is 1.67 bits per heavy atom. The summed E-state index contributed by atoms with van der Waals surface area (Å²) < 4.78 is 7.71. The number of carbonyl (C=O) groups is 3. The summed E-state index contributed by atoms with van der Waals surface area (Å²) in [6, 6.07) is 18.3. The number of hydrogen-bond acceptors (Lipinski definition) is 4. The number of anilines is 2. The lowest BCUT2D eigenvalue weighted by Gasteiger charge is -2.13. The summed E-state index contributed by atoms with van der Waals surface area (Å²) in [7, 11) is 0. The van der Waals surface area contributed by atoms with Crippen LogP contribution in [0.15, 0.2) is 71.2 Å². The second kappa shape index (κ2) is 13.0. The minimum absolute atomic E-state index is 0.0832. The van der Waals surface area contributed by atoms with Crippen molar-refractivity contribution in [3.05, 3.63) is 86.9 Å². The summed E-state index contributed by atoms with van der Waals surface area (Å²) in [5, 5.41) is 6.60. The summed E-state index contributed by atoms with van der Waals surface area (Å²) in [6.45, 7) is 2.74. The van der Waals surface area contributed by atoms with Crippen molar-refractivity contribution < 1.29 is 19.1 Å². The van der Waals surface area contributed by atoms with Gasteiger partial charge in [0.1, 0.15) is 11.4 Å². The number of ether oxygens (including phenoxy) is 1. The lowest BCUT2D eigenvalue weighted by molar-refractivity contribution is -0.133. The van der Waals surface area contributed by atoms with Gasteiger partial charge in [-0.3, -0.25) is 19.8 Å². The minimum Gasteiger partial charge on any atom is -0.494 e. The van der Waals surface area contributed by atoms with Gasteiger partial charge >= 0.3 is 11.8 Å². The number of unbranched alkanes of at least 4 members (excludes halogenated alkanes) is 2. The van der Waals surface area contributed by atoms with Crippen LogP contribution in [0.1, 0.15) is 36.7 Å². The highest BCUT2D eigenvalue weighted by atomic mass is 79.9. The highest BCUT2D eigenvalue weighted by molar-refractivity contribution is 9.10. The Bertz CT molecular complexity index is 1520. The number of benzene rings is 3. The van der Waals surface area contributed by atoms with Gasteiger partial charge in [-0.25, -0.2) is 4.68 Å². The van der Waals surface area contributed by atoms with Crippen LogP contribution in [-0.4, -0.2) is 29.0 Å². The van der Waals surface area contributed by atoms with Gasteiger partial charge in [0.2, 0.25) is 0 Å². The summed E-state index contributed by atoms with van der Waals surface area (Å²) in [5.74, 6) is -1.75. The molecule has 3 N–H and O–H groups in total. The van der Waals surface area contributed by atoms with Crippen molar-refractivity contribution in [2.45, 2.75) is 26.2 Å². The van der Waals surface area contributed by atoms with Crippen LogP contribution in [0.5, 0.6) is 5.75 Å². The van der Waals surface area contributed by atoms with E-state index in [1.54, 1.807) is 60.7 Å². The highest BCUT2D eigenvalue weighted by Crippen LogP contribution is 2.28. The van der Waals surface area contributed by atoms with E-state index in [9.17, 15) is 14.4 Å². The highest BCUT2D eigenvalue weighted by Gasteiger charge is 2.22. The maximum absolute atomic E-state index is 13.2. The van der Waals surface area contributed by atoms with Gasteiger partial charge in [-0.1, -0.05) is 58.9 Å². The van der Waals surface area contributed by atoms with Crippen molar-refractivity contribution in [3.63, 3.8) is 0 Å². The Balaban J connectivity index is 1.50. The zero-order chi connectivity index (χ0) is 27.9. The molecule has 0 bridgehead atoms. The van der Waals surface area contributed by atoms with Crippen molar-refractivity contribution in [1.82, 2.24) is 4.68 Å². The fourth-order valence-electron chi connectivity index (χ4n) is 3.77. The van der Waals surface area contributed by atoms with E-state index in [-0.39, 0.29) is 10.7 Å². The Kier molecular flexibility index (Phi) is 9.50. The molecule has 11 heteroatoms. The lowest BCUT2D eigenvalue weighted by atomic mass is 10.2. The summed E-state index contributed by atoms with van der Waals surface area (Å²) in [5.41, 5.74) is 3.88. The SMILES string of the molecule is CCCCCOc1ccc(NC(=O)C(=O)Nn2c(C(=O)Nc3ccc(Cl)cc3Cl)cc3cc(Br)ccc32)cc1. The molecule has 4 aromatic rings. The minimum atomic E-state index is -0.964. The van der Waals surface area contributed by atoms with Crippen LogP contribution in [-0.2, 0) is 9.59 Å². The van der Waals surface area contributed by atoms with E-state index in [1.807, 2.05) is 0 Å². The smallest absolute Gasteiger partial charge is 0.328 e. The molecule has 0 spiro atoms. The normalized spacial score (nSPS) is 10.8. The molecule has 39 heavy (non-hydrogen) atoms. The third kappa shape index (κ3) is 7.32. The topological polar surface area (TPSA) is 101 Å². The van der Waals surface area contributed by atoms with Crippen molar-refractivity contribution in [3.8, 4) is 5.75 Å². The third-order valence-corrected chi connectivity index (χ3v) is 6.77. The van der Waals surface area contributed by atoms with Gasteiger partial charge in [0.05, 0.1) is 22.8 Å². The van der Waals surface area contributed by atoms with E-state index >= 15 is 0 Å². The molecule has 202 valence electrons. The first-order valence-corrected chi connectivity index (χ1v) is 13.7. The Labute approximate surface area is 243 Å². The molecule has 4 rings (SSSR count). The predicted molar refractivity (Wildman–Crippen MR) is 159 cm³/mol. The first-order valence-electron chi connectivity index (χ1n) is 12.2. The maximum atomic E-state index is 13.2. The zero-order valence-corrected chi connectivity index (χ0v) is 24.0. The van der Waals surface area contributed by atoms with Gasteiger partial charge in [-0.2, -0.15) is 0 Å². The monoisotopic (exact) mass is 630 g/mol. The van der Waals surface area contributed by atoms with Gasteiger partial charge in [-0.15, -0.1) is 0 Å². The molecule has 0 unspecified atom stereocenters. The van der Waals surface area contributed by atoms with E-state index in [2.05, 4.69) is 38.9 Å². The molecular weight excluding hydrogens is 607 g/mol. The largest absolute Gasteiger partial charge is 0.494 e. The summed E-state index contributed by atoms with van der Waals surface area (Å²) >= 11 is 15.6. The second-order valence-corrected chi connectivity index (χ2v) is 10.4. The van der Waals surface area contributed by atoms with Crippen LogP contribution in [0.3, 0.4) is 0 Å². The van der Waals surface area contributed by atoms with Crippen molar-refractivity contribution >= 4 is 79.1 Å². The van der Waals surface area contributed by atoms with Crippen LogP contribution in [0.2, 0.25) is 10.0 Å². The molecule has 1 aromatic heterocycles. The van der Waals surface area contributed by atoms with Crippen LogP contribution < -0.4 is 20.8 Å². The van der Waals surface area contributed by atoms with Gasteiger partial charge in [-0.05, 0) is 73.2 Å². The second-order valence-electron chi connectivity index (χ2n) is 8.62. The van der Waals surface area contributed by atoms with Crippen LogP contribution in [0, 0.1) is 0 Å². The molecule has 0 aliphatic carbocycles. The van der Waals surface area contributed by atoms with Crippen molar-refractivity contribution in [2.24, 2.45) is 0 Å². The summed E-state index contributed by atoms with van der Waals surface area (Å²) in [4.78, 5) is 38.8. The van der Waals surface area contributed by atoms with Crippen LogP contribution in [0.25, 0.3) is 10.9 Å². The molecule has 0 aliphatic rings. The quantitative estimate of drug-likeness (QED) is 0.134. The molecule has 0 aliphatic heterocycles. The average molecular weight is 632 g/mol. The van der Waals surface area contributed by atoms with Gasteiger partial charge in [0.15, 0.2) is 0 Å². The van der Waals surface area contributed by atoms with Crippen LogP contribution >= 0.6 is 39.1 Å². The van der Waals surface area contributed by atoms with E-state index in [4.69, 9.17) is 27.9 Å². The molecule has 0 fully saturated rings. The average Bonchev–Trinajstić information content (AvgIpc) is 3.26. The van der Waals surface area contributed by atoms with Gasteiger partial charge < -0.3 is 15.4 Å². The number of carbonyl (C=O) groups excluding carboxylic acids is 3. The molecule has 8 nitrogen and oxygen atoms in total. The number of nitrogens with one attached hydrogen (secondary N) is 3. The fourth-order valence-corrected chi connectivity index (χ4v) is 4.60. The van der Waals surface area contributed by atoms with Gasteiger partial charge in [0.25, 0.3) is 5.91 Å². The number of fused-ring (bicyclic) bond motifs is 1. The van der Waals surface area contributed by atoms with Crippen LogP contribution in [0.4, 0.5) is 11.4 Å². The first-order chi connectivity index (χ1) is 18.7. The number of rotatable bonds is 9. The molecule has 0 saturated heterocycles. The molecule has 1 heterocycles. The number of hydrogen-bond donors (Lipinski definition) is 3. The summed E-state index contributed by atoms with van der Waals surface area (Å²) in [6.07, 6.45) is 3.16. The third-order valence-electron chi connectivity index (χ3n) is 5.72. The molecule has 0 saturated carbocycles. The first kappa shape index (κ1) is 28.5. The maximum Gasteiger partial charge on any atom is 0.328 e. The molecule has 3 aromatic carbocycles. The number of nitrogens with zero attached hydrogens (tertiary/aromatic N) is 1. The van der Waals surface area contributed by atoms with Crippen molar-refractivity contribution in [2.75, 3.05) is 22.7 Å². The predicted octanol–water partition coefficient (Wildman–Crippen LogP) is 7.24. The number of aromatic nitrogens is 1. The Hall–Kier alpha value is -3.53. The molecule has 0 radical (unpaired) electrons. The Morgan fingerprint density at radius 1 is 0.897 bits per heavy atom. The van der Waals surface area contributed by atoms with E-state index in [0.717, 1.165) is 23.7 Å². The molecular formula is C28H25BrCl2N4O4. The van der Waals surface area contributed by atoms with Crippen molar-refractivity contribution in [1.29, 1.82) is 0 Å². The lowest BCUT2D eigenvalue weighted by Crippen LogP contribution is -2.36. The zero-order valence-electron chi connectivity index (χ0n) is 20.9. The molecule has 0 atom stereocenters. The van der Waals surface area contributed by atoms with Gasteiger partial charge in [0, 0.05) is 20.6 Å². The number of halogens is 3.